The highest BCUT2D eigenvalue weighted by molar-refractivity contribution is 7.99. The number of esters is 1. The van der Waals surface area contributed by atoms with Crippen LogP contribution in [0.2, 0.25) is 0 Å². The third-order valence-electron chi connectivity index (χ3n) is 1.45. The van der Waals surface area contributed by atoms with Gasteiger partial charge < -0.3 is 9.47 Å². The Hall–Kier alpha value is -0.480. The predicted molar refractivity (Wildman–Crippen MR) is 47.9 cm³/mol. The van der Waals surface area contributed by atoms with Crippen LogP contribution in [0.4, 0.5) is 0 Å². The average Bonchev–Trinajstić information content (AvgIpc) is 2.09. The Morgan fingerprint density at radius 2 is 2.58 bits per heavy atom. The van der Waals surface area contributed by atoms with Crippen LogP contribution in [0.15, 0.2) is 12.7 Å². The zero-order chi connectivity index (χ0) is 8.97. The molecule has 0 aromatic heterocycles. The van der Waals surface area contributed by atoms with Crippen LogP contribution in [-0.4, -0.2) is 29.9 Å². The first-order chi connectivity index (χ1) is 5.72. The molecule has 1 fully saturated rings. The average molecular weight is 188 g/mol. The molecule has 3 nitrogen and oxygen atoms in total. The van der Waals surface area contributed by atoms with Gasteiger partial charge in [0, 0.05) is 11.8 Å². The van der Waals surface area contributed by atoms with Gasteiger partial charge in [-0.1, -0.05) is 6.58 Å². The van der Waals surface area contributed by atoms with Crippen LogP contribution in [0.25, 0.3) is 0 Å². The highest BCUT2D eigenvalue weighted by Gasteiger charge is 2.21. The first kappa shape index (κ1) is 9.61. The molecule has 0 aliphatic carbocycles. The number of hydrogen-bond acceptors (Lipinski definition) is 4. The summed E-state index contributed by atoms with van der Waals surface area (Å²) in [5, 5.41) is 0. The van der Waals surface area contributed by atoms with E-state index in [4.69, 9.17) is 9.47 Å². The Bertz CT molecular complexity index is 173. The quantitative estimate of drug-likeness (QED) is 0.482. The van der Waals surface area contributed by atoms with Crippen molar-refractivity contribution in [2.45, 2.75) is 18.5 Å². The normalized spacial score (nSPS) is 29.4. The molecule has 1 aliphatic rings. The highest BCUT2D eigenvalue weighted by Crippen LogP contribution is 2.21. The number of carbonyl (C=O) groups excluding carboxylic acids is 1. The van der Waals surface area contributed by atoms with E-state index in [1.807, 2.05) is 6.92 Å². The molecule has 0 radical (unpaired) electrons. The van der Waals surface area contributed by atoms with Gasteiger partial charge in [0.15, 0.2) is 5.44 Å². The molecule has 0 spiro atoms. The van der Waals surface area contributed by atoms with Gasteiger partial charge in [0.25, 0.3) is 0 Å². The number of ether oxygens (including phenoxy) is 2. The molecular formula is C8H12O3S. The fourth-order valence-corrected chi connectivity index (χ4v) is 1.75. The largest absolute Gasteiger partial charge is 0.446 e. The Kier molecular flexibility index (Phi) is 3.62. The van der Waals surface area contributed by atoms with E-state index in [0.717, 1.165) is 5.75 Å². The molecule has 2 atom stereocenters. The van der Waals surface area contributed by atoms with Crippen LogP contribution in [0.5, 0.6) is 0 Å². The lowest BCUT2D eigenvalue weighted by Gasteiger charge is -2.25. The zero-order valence-corrected chi connectivity index (χ0v) is 7.80. The molecule has 1 rings (SSSR count). The molecule has 0 aromatic carbocycles. The Morgan fingerprint density at radius 3 is 3.08 bits per heavy atom. The molecule has 12 heavy (non-hydrogen) atoms. The first-order valence-corrected chi connectivity index (χ1v) is 4.83. The van der Waals surface area contributed by atoms with Crippen molar-refractivity contribution in [3.05, 3.63) is 12.7 Å². The van der Waals surface area contributed by atoms with Gasteiger partial charge in [0.1, 0.15) is 0 Å². The van der Waals surface area contributed by atoms with E-state index >= 15 is 0 Å². The molecule has 2 unspecified atom stereocenters. The van der Waals surface area contributed by atoms with Crippen molar-refractivity contribution < 1.29 is 14.3 Å². The van der Waals surface area contributed by atoms with Crippen LogP contribution >= 0.6 is 11.8 Å². The second-order valence-electron chi connectivity index (χ2n) is 2.55. The molecule has 0 saturated carbocycles. The predicted octanol–water partition coefficient (Wildman–Crippen LogP) is 1.19. The van der Waals surface area contributed by atoms with E-state index < -0.39 is 0 Å². The third kappa shape index (κ3) is 2.87. The Balaban J connectivity index is 2.26. The highest BCUT2D eigenvalue weighted by atomic mass is 32.2. The molecule has 0 amide bonds. The molecule has 1 saturated heterocycles. The zero-order valence-electron chi connectivity index (χ0n) is 6.99. The monoisotopic (exact) mass is 188 g/mol. The summed E-state index contributed by atoms with van der Waals surface area (Å²) < 4.78 is 10.3. The van der Waals surface area contributed by atoms with E-state index in [1.165, 1.54) is 6.08 Å². The van der Waals surface area contributed by atoms with Gasteiger partial charge in [-0.2, -0.15) is 0 Å². The van der Waals surface area contributed by atoms with Gasteiger partial charge in [0.05, 0.1) is 12.7 Å². The molecule has 1 aliphatic heterocycles. The van der Waals surface area contributed by atoms with Gasteiger partial charge >= 0.3 is 5.97 Å². The van der Waals surface area contributed by atoms with E-state index in [0.29, 0.717) is 6.61 Å². The summed E-state index contributed by atoms with van der Waals surface area (Å²) in [5.74, 6) is 0.486. The van der Waals surface area contributed by atoms with E-state index in [9.17, 15) is 4.79 Å². The summed E-state index contributed by atoms with van der Waals surface area (Å²) in [5.41, 5.74) is -0.160. The summed E-state index contributed by atoms with van der Waals surface area (Å²) in [6, 6.07) is 0. The lowest BCUT2D eigenvalue weighted by molar-refractivity contribution is -0.142. The summed E-state index contributed by atoms with van der Waals surface area (Å²) in [6.07, 6.45) is 1.42. The maximum absolute atomic E-state index is 10.8. The van der Waals surface area contributed by atoms with Crippen molar-refractivity contribution in [1.29, 1.82) is 0 Å². The maximum atomic E-state index is 10.8. The lowest BCUT2D eigenvalue weighted by atomic mass is 10.5. The van der Waals surface area contributed by atoms with Crippen LogP contribution in [-0.2, 0) is 14.3 Å². The van der Waals surface area contributed by atoms with Crippen LogP contribution < -0.4 is 0 Å². The second kappa shape index (κ2) is 4.52. The Morgan fingerprint density at radius 1 is 1.83 bits per heavy atom. The van der Waals surface area contributed by atoms with Crippen molar-refractivity contribution in [3.63, 3.8) is 0 Å². The number of thioether (sulfide) groups is 1. The smallest absolute Gasteiger partial charge is 0.331 e. The van der Waals surface area contributed by atoms with Crippen molar-refractivity contribution in [2.75, 3.05) is 12.4 Å². The SMILES string of the molecule is C=CC(=O)OC1COC(C)CS1. The molecular weight excluding hydrogens is 176 g/mol. The summed E-state index contributed by atoms with van der Waals surface area (Å²) >= 11 is 1.60. The molecule has 0 aromatic rings. The van der Waals surface area contributed by atoms with E-state index in [2.05, 4.69) is 6.58 Å². The fourth-order valence-electron chi connectivity index (χ4n) is 0.828. The van der Waals surface area contributed by atoms with Crippen molar-refractivity contribution >= 4 is 17.7 Å². The van der Waals surface area contributed by atoms with E-state index in [1.54, 1.807) is 11.8 Å². The van der Waals surface area contributed by atoms with Gasteiger partial charge in [-0.25, -0.2) is 4.79 Å². The van der Waals surface area contributed by atoms with Crippen molar-refractivity contribution in [1.82, 2.24) is 0 Å². The first-order valence-electron chi connectivity index (χ1n) is 3.78. The second-order valence-corrected chi connectivity index (χ2v) is 3.74. The Labute approximate surface area is 76.1 Å². The molecule has 0 bridgehead atoms. The van der Waals surface area contributed by atoms with Crippen LogP contribution in [0.3, 0.4) is 0 Å². The molecule has 0 N–H and O–H groups in total. The minimum absolute atomic E-state index is 0.160. The molecule has 4 heteroatoms. The lowest BCUT2D eigenvalue weighted by Crippen LogP contribution is -2.30. The number of carbonyl (C=O) groups is 1. The minimum atomic E-state index is -0.384. The van der Waals surface area contributed by atoms with Gasteiger partial charge in [-0.15, -0.1) is 11.8 Å². The standard InChI is InChI=1S/C8H12O3S/c1-3-7(9)11-8-4-10-6(2)5-12-8/h3,6,8H,1,4-5H2,2H3. The van der Waals surface area contributed by atoms with Crippen molar-refractivity contribution in [2.24, 2.45) is 0 Å². The summed E-state index contributed by atoms with van der Waals surface area (Å²) in [7, 11) is 0. The topological polar surface area (TPSA) is 35.5 Å². The molecule has 1 heterocycles. The van der Waals surface area contributed by atoms with Crippen molar-refractivity contribution in [3.8, 4) is 0 Å². The van der Waals surface area contributed by atoms with Gasteiger partial charge in [-0.3, -0.25) is 0 Å². The van der Waals surface area contributed by atoms with Crippen LogP contribution in [0, 0.1) is 0 Å². The molecule has 68 valence electrons. The van der Waals surface area contributed by atoms with Gasteiger partial charge in [0.2, 0.25) is 0 Å². The van der Waals surface area contributed by atoms with Crippen LogP contribution in [0.1, 0.15) is 6.92 Å². The minimum Gasteiger partial charge on any atom is -0.446 e. The fraction of sp³-hybridized carbons (Fsp3) is 0.625. The van der Waals surface area contributed by atoms with Gasteiger partial charge in [-0.05, 0) is 6.92 Å². The third-order valence-corrected chi connectivity index (χ3v) is 2.71. The summed E-state index contributed by atoms with van der Waals surface area (Å²) in [6.45, 7) is 5.79. The summed E-state index contributed by atoms with van der Waals surface area (Å²) in [4.78, 5) is 10.8. The number of rotatable bonds is 2. The maximum Gasteiger partial charge on any atom is 0.331 e. The number of hydrogen-bond donors (Lipinski definition) is 0. The van der Waals surface area contributed by atoms with E-state index in [-0.39, 0.29) is 17.5 Å².